The Labute approximate surface area is 99.1 Å². The molecule has 0 aliphatic carbocycles. The van der Waals surface area contributed by atoms with Gasteiger partial charge in [0.05, 0.1) is 6.61 Å². The number of rotatable bonds is 2. The van der Waals surface area contributed by atoms with Crippen molar-refractivity contribution in [3.8, 4) is 11.4 Å². The molecule has 14 heavy (non-hydrogen) atoms. The van der Waals surface area contributed by atoms with Crippen molar-refractivity contribution in [3.63, 3.8) is 0 Å². The summed E-state index contributed by atoms with van der Waals surface area (Å²) in [5.41, 5.74) is 0.987. The average Bonchev–Trinajstić information content (AvgIpc) is 2.67. The van der Waals surface area contributed by atoms with Crippen molar-refractivity contribution in [2.24, 2.45) is 0 Å². The standard InChI is InChI=1S/C9H7IN2OS/c10-7-3-1-6(2-4-7)9-11-8(5-13)14-12-9/h1-4,13H,5H2. The molecule has 1 aromatic carbocycles. The predicted octanol–water partition coefficient (Wildman–Crippen LogP) is 2.30. The summed E-state index contributed by atoms with van der Waals surface area (Å²) in [6.45, 7) is -0.0396. The monoisotopic (exact) mass is 318 g/mol. The van der Waals surface area contributed by atoms with Crippen LogP contribution in [0.2, 0.25) is 0 Å². The van der Waals surface area contributed by atoms with E-state index in [1.54, 1.807) is 0 Å². The maximum Gasteiger partial charge on any atom is 0.173 e. The fourth-order valence-electron chi connectivity index (χ4n) is 1.04. The molecule has 72 valence electrons. The number of aliphatic hydroxyl groups is 1. The molecule has 0 bridgehead atoms. The zero-order valence-corrected chi connectivity index (χ0v) is 10.1. The zero-order chi connectivity index (χ0) is 9.97. The van der Waals surface area contributed by atoms with Crippen molar-refractivity contribution in [1.29, 1.82) is 0 Å². The van der Waals surface area contributed by atoms with Crippen molar-refractivity contribution in [2.75, 3.05) is 0 Å². The summed E-state index contributed by atoms with van der Waals surface area (Å²) < 4.78 is 5.34. The van der Waals surface area contributed by atoms with Crippen molar-refractivity contribution in [2.45, 2.75) is 6.61 Å². The Bertz CT molecular complexity index is 427. The third kappa shape index (κ3) is 2.10. The van der Waals surface area contributed by atoms with Crippen LogP contribution in [0.4, 0.5) is 0 Å². The Hall–Kier alpha value is -0.530. The van der Waals surface area contributed by atoms with Crippen LogP contribution >= 0.6 is 34.1 Å². The molecule has 1 heterocycles. The fourth-order valence-corrected chi connectivity index (χ4v) is 1.92. The van der Waals surface area contributed by atoms with Crippen LogP contribution in [0.25, 0.3) is 11.4 Å². The lowest BCUT2D eigenvalue weighted by molar-refractivity contribution is 0.281. The SMILES string of the molecule is OCc1nc(-c2ccc(I)cc2)ns1. The van der Waals surface area contributed by atoms with Gasteiger partial charge in [0.15, 0.2) is 5.82 Å². The highest BCUT2D eigenvalue weighted by Crippen LogP contribution is 2.19. The highest BCUT2D eigenvalue weighted by atomic mass is 127. The summed E-state index contributed by atoms with van der Waals surface area (Å²) in [4.78, 5) is 4.18. The number of nitrogens with zero attached hydrogens (tertiary/aromatic N) is 2. The molecule has 0 spiro atoms. The Kier molecular flexibility index (Phi) is 3.09. The number of aliphatic hydroxyl groups excluding tert-OH is 1. The molecule has 2 aromatic rings. The van der Waals surface area contributed by atoms with Crippen molar-refractivity contribution < 1.29 is 5.11 Å². The van der Waals surface area contributed by atoms with E-state index in [9.17, 15) is 0 Å². The molecule has 0 aliphatic heterocycles. The quantitative estimate of drug-likeness (QED) is 0.864. The fraction of sp³-hybridized carbons (Fsp3) is 0.111. The lowest BCUT2D eigenvalue weighted by Crippen LogP contribution is -1.83. The van der Waals surface area contributed by atoms with E-state index < -0.39 is 0 Å². The van der Waals surface area contributed by atoms with Crippen LogP contribution < -0.4 is 0 Å². The molecule has 0 atom stereocenters. The van der Waals surface area contributed by atoms with Gasteiger partial charge in [-0.15, -0.1) is 0 Å². The molecule has 0 aliphatic rings. The van der Waals surface area contributed by atoms with Gasteiger partial charge in [-0.2, -0.15) is 4.37 Å². The molecular weight excluding hydrogens is 311 g/mol. The summed E-state index contributed by atoms with van der Waals surface area (Å²) in [7, 11) is 0. The Morgan fingerprint density at radius 2 is 2.00 bits per heavy atom. The zero-order valence-electron chi connectivity index (χ0n) is 7.14. The molecule has 0 radical (unpaired) electrons. The highest BCUT2D eigenvalue weighted by molar-refractivity contribution is 14.1. The molecule has 0 fully saturated rings. The molecule has 0 saturated heterocycles. The van der Waals surface area contributed by atoms with Crippen LogP contribution in [0.15, 0.2) is 24.3 Å². The van der Waals surface area contributed by atoms with E-state index in [2.05, 4.69) is 31.9 Å². The van der Waals surface area contributed by atoms with E-state index in [4.69, 9.17) is 5.11 Å². The summed E-state index contributed by atoms with van der Waals surface area (Å²) in [6, 6.07) is 7.97. The largest absolute Gasteiger partial charge is 0.389 e. The first kappa shape index (κ1) is 10.0. The molecule has 3 nitrogen and oxygen atoms in total. The molecule has 0 saturated carbocycles. The smallest absolute Gasteiger partial charge is 0.173 e. The second kappa shape index (κ2) is 4.33. The van der Waals surface area contributed by atoms with Gasteiger partial charge in [0.25, 0.3) is 0 Å². The van der Waals surface area contributed by atoms with Crippen LogP contribution in [0, 0.1) is 3.57 Å². The minimum atomic E-state index is -0.0396. The Balaban J connectivity index is 2.34. The maximum atomic E-state index is 8.85. The van der Waals surface area contributed by atoms with Gasteiger partial charge in [-0.05, 0) is 46.3 Å². The van der Waals surface area contributed by atoms with Gasteiger partial charge in [-0.1, -0.05) is 12.1 Å². The van der Waals surface area contributed by atoms with E-state index in [-0.39, 0.29) is 6.61 Å². The van der Waals surface area contributed by atoms with Gasteiger partial charge in [0.2, 0.25) is 0 Å². The lowest BCUT2D eigenvalue weighted by Gasteiger charge is -1.94. The van der Waals surface area contributed by atoms with Crippen LogP contribution in [0.3, 0.4) is 0 Å². The van der Waals surface area contributed by atoms with E-state index in [1.165, 1.54) is 15.1 Å². The topological polar surface area (TPSA) is 46.0 Å². The molecule has 5 heteroatoms. The summed E-state index contributed by atoms with van der Waals surface area (Å²) in [5.74, 6) is 0.690. The molecule has 0 amide bonds. The van der Waals surface area contributed by atoms with Crippen LogP contribution in [0.1, 0.15) is 5.01 Å². The van der Waals surface area contributed by atoms with Gasteiger partial charge in [0, 0.05) is 9.13 Å². The van der Waals surface area contributed by atoms with Crippen molar-refractivity contribution >= 4 is 34.1 Å². The lowest BCUT2D eigenvalue weighted by atomic mass is 10.2. The maximum absolute atomic E-state index is 8.85. The van der Waals surface area contributed by atoms with Gasteiger partial charge in [-0.3, -0.25) is 0 Å². The van der Waals surface area contributed by atoms with E-state index in [0.717, 1.165) is 5.56 Å². The number of halogens is 1. The van der Waals surface area contributed by atoms with Crippen molar-refractivity contribution in [3.05, 3.63) is 32.8 Å². The number of hydrogen-bond donors (Lipinski definition) is 1. The van der Waals surface area contributed by atoms with Crippen LogP contribution in [0.5, 0.6) is 0 Å². The Morgan fingerprint density at radius 3 is 2.57 bits per heavy atom. The average molecular weight is 318 g/mol. The number of aromatic nitrogens is 2. The summed E-state index contributed by atoms with van der Waals surface area (Å²) in [5, 5.41) is 9.50. The van der Waals surface area contributed by atoms with Gasteiger partial charge >= 0.3 is 0 Å². The summed E-state index contributed by atoms with van der Waals surface area (Å²) in [6.07, 6.45) is 0. The highest BCUT2D eigenvalue weighted by Gasteiger charge is 2.04. The third-order valence-electron chi connectivity index (χ3n) is 1.71. The van der Waals surface area contributed by atoms with Crippen molar-refractivity contribution in [1.82, 2.24) is 9.36 Å². The minimum Gasteiger partial charge on any atom is -0.389 e. The number of benzene rings is 1. The van der Waals surface area contributed by atoms with Crippen LogP contribution in [-0.2, 0) is 6.61 Å². The van der Waals surface area contributed by atoms with Gasteiger partial charge < -0.3 is 5.11 Å². The second-order valence-corrected chi connectivity index (χ2v) is 4.76. The van der Waals surface area contributed by atoms with Crippen LogP contribution in [-0.4, -0.2) is 14.5 Å². The predicted molar refractivity (Wildman–Crippen MR) is 64.0 cm³/mol. The summed E-state index contributed by atoms with van der Waals surface area (Å²) >= 11 is 3.49. The number of hydrogen-bond acceptors (Lipinski definition) is 4. The van der Waals surface area contributed by atoms with Gasteiger partial charge in [0.1, 0.15) is 5.01 Å². The first-order chi connectivity index (χ1) is 6.79. The second-order valence-electron chi connectivity index (χ2n) is 2.68. The minimum absolute atomic E-state index is 0.0396. The molecular formula is C9H7IN2OS. The molecule has 1 N–H and O–H groups in total. The molecule has 2 rings (SSSR count). The first-order valence-electron chi connectivity index (χ1n) is 3.99. The van der Waals surface area contributed by atoms with E-state index in [0.29, 0.717) is 10.8 Å². The first-order valence-corrected chi connectivity index (χ1v) is 5.84. The Morgan fingerprint density at radius 1 is 1.29 bits per heavy atom. The molecule has 1 aromatic heterocycles. The third-order valence-corrected chi connectivity index (χ3v) is 3.12. The molecule has 0 unspecified atom stereocenters. The van der Waals surface area contributed by atoms with E-state index >= 15 is 0 Å². The van der Waals surface area contributed by atoms with Gasteiger partial charge in [-0.25, -0.2) is 4.98 Å². The normalized spacial score (nSPS) is 10.4. The van der Waals surface area contributed by atoms with E-state index in [1.807, 2.05) is 24.3 Å².